The number of nitrogens with one attached hydrogen (secondary N) is 1. The molecular weight excluding hydrogens is 311 g/mol. The third-order valence-electron chi connectivity index (χ3n) is 3.23. The number of hydrogen-bond acceptors (Lipinski definition) is 3. The summed E-state index contributed by atoms with van der Waals surface area (Å²) in [7, 11) is -1.28. The molecule has 5 nitrogen and oxygen atoms in total. The maximum absolute atomic E-state index is 12.0. The first-order valence-electron chi connectivity index (χ1n) is 5.79. The molecule has 1 N–H and O–H groups in total. The Balaban J connectivity index is 1.97. The summed E-state index contributed by atoms with van der Waals surface area (Å²) in [4.78, 5) is 12.0. The lowest BCUT2D eigenvalue weighted by Crippen LogP contribution is -2.31. The van der Waals surface area contributed by atoms with E-state index < -0.39 is 9.84 Å². The van der Waals surface area contributed by atoms with Crippen molar-refractivity contribution < 1.29 is 13.2 Å². The summed E-state index contributed by atoms with van der Waals surface area (Å²) in [5.74, 6) is 0.0258. The van der Waals surface area contributed by atoms with Crippen LogP contribution in [0, 0.1) is 5.92 Å². The molecule has 0 bridgehead atoms. The first-order chi connectivity index (χ1) is 8.80. The Morgan fingerprint density at radius 2 is 2.21 bits per heavy atom. The fourth-order valence-corrected chi connectivity index (χ4v) is 4.36. The predicted molar refractivity (Wildman–Crippen MR) is 74.5 cm³/mol. The molecule has 0 unspecified atom stereocenters. The second kappa shape index (κ2) is 5.34. The third kappa shape index (κ3) is 3.24. The van der Waals surface area contributed by atoms with Gasteiger partial charge < -0.3 is 9.88 Å². The smallest absolute Gasteiger partial charge is 0.268 e. The van der Waals surface area contributed by atoms with Crippen LogP contribution in [0.4, 0.5) is 0 Å². The molecule has 2 heterocycles. The van der Waals surface area contributed by atoms with Crippen molar-refractivity contribution in [2.24, 2.45) is 13.0 Å². The Labute approximate surface area is 121 Å². The van der Waals surface area contributed by atoms with Crippen LogP contribution in [0.25, 0.3) is 0 Å². The highest BCUT2D eigenvalue weighted by Crippen LogP contribution is 2.25. The molecule has 2 rings (SSSR count). The molecule has 0 radical (unpaired) electrons. The van der Waals surface area contributed by atoms with Gasteiger partial charge in [0.25, 0.3) is 5.91 Å². The SMILES string of the molecule is Cn1c(C(=O)NC[C@@H]2CCS(=O)(=O)C2)cc(Cl)c1Cl. The van der Waals surface area contributed by atoms with Crippen molar-refractivity contribution in [1.82, 2.24) is 9.88 Å². The zero-order valence-electron chi connectivity index (χ0n) is 10.3. The van der Waals surface area contributed by atoms with Crippen molar-refractivity contribution in [1.29, 1.82) is 0 Å². The number of sulfone groups is 1. The van der Waals surface area contributed by atoms with Gasteiger partial charge in [0.1, 0.15) is 10.8 Å². The molecule has 106 valence electrons. The molecule has 1 aromatic rings. The molecule has 1 aromatic heterocycles. The van der Waals surface area contributed by atoms with Crippen LogP contribution in [0.3, 0.4) is 0 Å². The van der Waals surface area contributed by atoms with Crippen molar-refractivity contribution >= 4 is 38.9 Å². The van der Waals surface area contributed by atoms with Gasteiger partial charge in [0.05, 0.1) is 16.5 Å². The molecule has 0 spiro atoms. The average molecular weight is 325 g/mol. The fourth-order valence-electron chi connectivity index (χ4n) is 2.12. The Bertz CT molecular complexity index is 610. The van der Waals surface area contributed by atoms with E-state index in [0.29, 0.717) is 28.8 Å². The van der Waals surface area contributed by atoms with E-state index in [1.54, 1.807) is 7.05 Å². The third-order valence-corrected chi connectivity index (χ3v) is 5.91. The second-order valence-corrected chi connectivity index (χ2v) is 7.70. The molecule has 8 heteroatoms. The molecule has 0 saturated carbocycles. The van der Waals surface area contributed by atoms with E-state index in [2.05, 4.69) is 5.32 Å². The van der Waals surface area contributed by atoms with E-state index in [-0.39, 0.29) is 23.3 Å². The molecular formula is C11H14Cl2N2O3S. The number of hydrogen-bond donors (Lipinski definition) is 1. The van der Waals surface area contributed by atoms with Crippen LogP contribution < -0.4 is 5.32 Å². The van der Waals surface area contributed by atoms with Gasteiger partial charge in [-0.05, 0) is 18.4 Å². The van der Waals surface area contributed by atoms with E-state index in [1.165, 1.54) is 10.6 Å². The molecule has 0 aromatic carbocycles. The predicted octanol–water partition coefficient (Wildman–Crippen LogP) is 1.50. The normalized spacial score (nSPS) is 21.5. The van der Waals surface area contributed by atoms with E-state index in [4.69, 9.17) is 23.2 Å². The van der Waals surface area contributed by atoms with Crippen LogP contribution in [-0.4, -0.2) is 36.9 Å². The quantitative estimate of drug-likeness (QED) is 0.916. The highest BCUT2D eigenvalue weighted by atomic mass is 35.5. The van der Waals surface area contributed by atoms with Crippen molar-refractivity contribution in [2.45, 2.75) is 6.42 Å². The van der Waals surface area contributed by atoms with Crippen molar-refractivity contribution in [3.05, 3.63) is 21.9 Å². The zero-order valence-corrected chi connectivity index (χ0v) is 12.6. The summed E-state index contributed by atoms with van der Waals surface area (Å²) in [6.07, 6.45) is 0.595. The lowest BCUT2D eigenvalue weighted by atomic mass is 10.1. The van der Waals surface area contributed by atoms with Crippen LogP contribution in [0.2, 0.25) is 10.2 Å². The number of rotatable bonds is 3. The van der Waals surface area contributed by atoms with Gasteiger partial charge in [-0.3, -0.25) is 4.79 Å². The van der Waals surface area contributed by atoms with Gasteiger partial charge in [-0.25, -0.2) is 8.42 Å². The number of nitrogens with zero attached hydrogens (tertiary/aromatic N) is 1. The highest BCUT2D eigenvalue weighted by molar-refractivity contribution is 7.91. The fraction of sp³-hybridized carbons (Fsp3) is 0.545. The minimum absolute atomic E-state index is 0.0137. The second-order valence-electron chi connectivity index (χ2n) is 4.71. The van der Waals surface area contributed by atoms with E-state index in [9.17, 15) is 13.2 Å². The van der Waals surface area contributed by atoms with Gasteiger partial charge in [-0.1, -0.05) is 23.2 Å². The van der Waals surface area contributed by atoms with Crippen molar-refractivity contribution in [3.63, 3.8) is 0 Å². The maximum Gasteiger partial charge on any atom is 0.268 e. The van der Waals surface area contributed by atoms with Crippen LogP contribution >= 0.6 is 23.2 Å². The molecule has 1 aliphatic heterocycles. The molecule has 19 heavy (non-hydrogen) atoms. The van der Waals surface area contributed by atoms with Crippen LogP contribution in [0.1, 0.15) is 16.9 Å². The van der Waals surface area contributed by atoms with E-state index in [1.807, 2.05) is 0 Å². The summed E-state index contributed by atoms with van der Waals surface area (Å²) in [6.45, 7) is 0.346. The van der Waals surface area contributed by atoms with Gasteiger partial charge >= 0.3 is 0 Å². The number of halogens is 2. The number of carbonyl (C=O) groups excluding carboxylic acids is 1. The lowest BCUT2D eigenvalue weighted by molar-refractivity contribution is 0.0940. The summed E-state index contributed by atoms with van der Waals surface area (Å²) in [6, 6.07) is 1.49. The minimum Gasteiger partial charge on any atom is -0.350 e. The number of carbonyl (C=O) groups is 1. The molecule has 1 amide bonds. The van der Waals surface area contributed by atoms with Gasteiger partial charge in [-0.15, -0.1) is 0 Å². The minimum atomic E-state index is -2.92. The standard InChI is InChI=1S/C11H14Cl2N2O3S/c1-15-9(4-8(12)10(15)13)11(16)14-5-7-2-3-19(17,18)6-7/h4,7H,2-3,5-6H2,1H3,(H,14,16)/t7-/m0/s1. The van der Waals surface area contributed by atoms with Gasteiger partial charge in [0.15, 0.2) is 9.84 Å². The average Bonchev–Trinajstić information content (AvgIpc) is 2.81. The zero-order chi connectivity index (χ0) is 14.2. The van der Waals surface area contributed by atoms with Crippen LogP contribution in [-0.2, 0) is 16.9 Å². The summed E-state index contributed by atoms with van der Waals surface area (Å²) in [5, 5.41) is 3.34. The summed E-state index contributed by atoms with van der Waals surface area (Å²) >= 11 is 11.7. The first-order valence-corrected chi connectivity index (χ1v) is 8.37. The molecule has 0 aliphatic carbocycles. The number of amides is 1. The Morgan fingerprint density at radius 1 is 1.53 bits per heavy atom. The molecule has 1 fully saturated rings. The largest absolute Gasteiger partial charge is 0.350 e. The Kier molecular flexibility index (Phi) is 4.13. The van der Waals surface area contributed by atoms with Gasteiger partial charge in [-0.2, -0.15) is 0 Å². The molecule has 1 atom stereocenters. The molecule has 1 aliphatic rings. The van der Waals surface area contributed by atoms with Gasteiger partial charge in [0, 0.05) is 13.6 Å². The van der Waals surface area contributed by atoms with Crippen molar-refractivity contribution in [2.75, 3.05) is 18.1 Å². The van der Waals surface area contributed by atoms with Crippen LogP contribution in [0.15, 0.2) is 6.07 Å². The van der Waals surface area contributed by atoms with Gasteiger partial charge in [0.2, 0.25) is 0 Å². The van der Waals surface area contributed by atoms with Crippen molar-refractivity contribution in [3.8, 4) is 0 Å². The highest BCUT2D eigenvalue weighted by Gasteiger charge is 2.28. The number of aromatic nitrogens is 1. The van der Waals surface area contributed by atoms with E-state index in [0.717, 1.165) is 0 Å². The Morgan fingerprint density at radius 3 is 2.68 bits per heavy atom. The first kappa shape index (κ1) is 14.7. The summed E-state index contributed by atoms with van der Waals surface area (Å²) < 4.78 is 24.1. The summed E-state index contributed by atoms with van der Waals surface area (Å²) in [5.41, 5.74) is 0.357. The maximum atomic E-state index is 12.0. The Hall–Kier alpha value is -0.720. The molecule has 1 saturated heterocycles. The van der Waals surface area contributed by atoms with Crippen LogP contribution in [0.5, 0.6) is 0 Å². The lowest BCUT2D eigenvalue weighted by Gasteiger charge is -2.10. The monoisotopic (exact) mass is 324 g/mol. The topological polar surface area (TPSA) is 68.2 Å². The van der Waals surface area contributed by atoms with E-state index >= 15 is 0 Å².